The second kappa shape index (κ2) is 15.7. The van der Waals surface area contributed by atoms with E-state index in [-0.39, 0.29) is 24.6 Å². The van der Waals surface area contributed by atoms with Gasteiger partial charge in [0.05, 0.1) is 47.3 Å². The van der Waals surface area contributed by atoms with Crippen LogP contribution in [0.5, 0.6) is 34.5 Å². The van der Waals surface area contributed by atoms with Crippen molar-refractivity contribution in [1.82, 2.24) is 0 Å². The lowest BCUT2D eigenvalue weighted by Crippen LogP contribution is -2.13. The average Bonchev–Trinajstić information content (AvgIpc) is 2.93. The minimum Gasteiger partial charge on any atom is -0.492 e. The second-order valence-corrected chi connectivity index (χ2v) is 8.60. The molecular formula is C28H36N2O8S. The van der Waals surface area contributed by atoms with E-state index in [0.717, 1.165) is 12.2 Å². The average molecular weight is 561 g/mol. The van der Waals surface area contributed by atoms with Crippen LogP contribution in [0, 0.1) is 0 Å². The van der Waals surface area contributed by atoms with Crippen LogP contribution >= 0.6 is 11.8 Å². The summed E-state index contributed by atoms with van der Waals surface area (Å²) in [4.78, 5) is 25.4. The van der Waals surface area contributed by atoms with Gasteiger partial charge in [0.2, 0.25) is 0 Å². The third-order valence-electron chi connectivity index (χ3n) is 5.06. The summed E-state index contributed by atoms with van der Waals surface area (Å²) in [5.74, 6) is 0.430. The summed E-state index contributed by atoms with van der Waals surface area (Å²) < 4.78 is 34.6. The highest BCUT2D eigenvalue weighted by Crippen LogP contribution is 2.51. The van der Waals surface area contributed by atoms with Gasteiger partial charge < -0.3 is 39.9 Å². The van der Waals surface area contributed by atoms with Gasteiger partial charge in [-0.25, -0.2) is 9.59 Å². The molecule has 212 valence electrons. The molecule has 0 amide bonds. The normalized spacial score (nSPS) is 10.4. The molecule has 0 atom stereocenters. The summed E-state index contributed by atoms with van der Waals surface area (Å²) in [5.41, 5.74) is 13.1. The first-order valence-electron chi connectivity index (χ1n) is 12.5. The Kier molecular flexibility index (Phi) is 12.7. The highest BCUT2D eigenvalue weighted by atomic mass is 32.2. The van der Waals surface area contributed by atoms with E-state index < -0.39 is 11.9 Å². The van der Waals surface area contributed by atoms with Gasteiger partial charge in [-0.15, -0.1) is 0 Å². The highest BCUT2D eigenvalue weighted by molar-refractivity contribution is 7.99. The molecule has 10 nitrogen and oxygen atoms in total. The summed E-state index contributed by atoms with van der Waals surface area (Å²) in [7, 11) is 0. The molecule has 39 heavy (non-hydrogen) atoms. The third-order valence-corrected chi connectivity index (χ3v) is 6.11. The number of carbonyl (C=O) groups is 2. The Balaban J connectivity index is 2.86. The van der Waals surface area contributed by atoms with Crippen LogP contribution in [0.15, 0.2) is 47.2 Å². The number of ether oxygens (including phenoxy) is 6. The largest absolute Gasteiger partial charge is 0.492 e. The van der Waals surface area contributed by atoms with Gasteiger partial charge in [-0.3, -0.25) is 0 Å². The predicted octanol–water partition coefficient (Wildman–Crippen LogP) is 4.53. The molecule has 0 spiro atoms. The van der Waals surface area contributed by atoms with E-state index in [1.165, 1.54) is 11.8 Å². The Hall–Kier alpha value is -3.67. The number of hydrogen-bond donors (Lipinski definition) is 2. The molecule has 0 radical (unpaired) electrons. The summed E-state index contributed by atoms with van der Waals surface area (Å²) >= 11 is 1.28. The molecule has 11 heteroatoms. The fourth-order valence-electron chi connectivity index (χ4n) is 3.58. The molecule has 0 heterocycles. The van der Waals surface area contributed by atoms with Crippen LogP contribution in [0.25, 0.3) is 0 Å². The lowest BCUT2D eigenvalue weighted by atomic mass is 10.1. The minimum atomic E-state index is -0.661. The molecule has 0 aliphatic heterocycles. The van der Waals surface area contributed by atoms with Gasteiger partial charge in [0.1, 0.15) is 11.5 Å². The summed E-state index contributed by atoms with van der Waals surface area (Å²) in [6, 6.07) is 3.40. The molecule has 0 saturated carbocycles. The van der Waals surface area contributed by atoms with E-state index in [2.05, 4.69) is 13.2 Å². The van der Waals surface area contributed by atoms with Gasteiger partial charge in [0, 0.05) is 37.4 Å². The van der Waals surface area contributed by atoms with Crippen LogP contribution < -0.4 is 39.9 Å². The van der Waals surface area contributed by atoms with Crippen LogP contribution in [0.2, 0.25) is 0 Å². The molecule has 2 rings (SSSR count). The fourth-order valence-corrected chi connectivity index (χ4v) is 4.70. The second-order valence-electron chi connectivity index (χ2n) is 7.51. The molecule has 0 bridgehead atoms. The van der Waals surface area contributed by atoms with Crippen molar-refractivity contribution in [3.63, 3.8) is 0 Å². The van der Waals surface area contributed by atoms with Crippen molar-refractivity contribution in [2.24, 2.45) is 11.5 Å². The van der Waals surface area contributed by atoms with Crippen molar-refractivity contribution in [3.05, 3.63) is 48.6 Å². The van der Waals surface area contributed by atoms with Crippen molar-refractivity contribution in [1.29, 1.82) is 0 Å². The van der Waals surface area contributed by atoms with Crippen molar-refractivity contribution in [2.45, 2.75) is 50.6 Å². The molecule has 0 unspecified atom stereocenters. The van der Waals surface area contributed by atoms with Crippen LogP contribution in [0.4, 0.5) is 0 Å². The lowest BCUT2D eigenvalue weighted by Gasteiger charge is -2.23. The first-order valence-corrected chi connectivity index (χ1v) is 13.3. The molecule has 0 fully saturated rings. The Morgan fingerprint density at radius 3 is 1.33 bits per heavy atom. The molecule has 0 aliphatic rings. The van der Waals surface area contributed by atoms with Crippen molar-refractivity contribution in [2.75, 3.05) is 26.4 Å². The Labute approximate surface area is 233 Å². The molecule has 0 aromatic heterocycles. The Bertz CT molecular complexity index is 1110. The quantitative estimate of drug-likeness (QED) is 0.170. The summed E-state index contributed by atoms with van der Waals surface area (Å²) in [6.45, 7) is 15.4. The zero-order chi connectivity index (χ0) is 28.9. The number of carbonyl (C=O) groups excluding carboxylic acids is 2. The number of nitrogens with two attached hydrogens (primary N) is 2. The monoisotopic (exact) mass is 560 g/mol. The van der Waals surface area contributed by atoms with Gasteiger partial charge in [-0.2, -0.15) is 0 Å². The Morgan fingerprint density at radius 2 is 1.05 bits per heavy atom. The van der Waals surface area contributed by atoms with E-state index in [0.29, 0.717) is 70.3 Å². The molecule has 0 aliphatic carbocycles. The van der Waals surface area contributed by atoms with E-state index in [4.69, 9.17) is 39.9 Å². The lowest BCUT2D eigenvalue weighted by molar-refractivity contribution is -0.130. The van der Waals surface area contributed by atoms with Crippen molar-refractivity contribution >= 4 is 23.7 Å². The van der Waals surface area contributed by atoms with Gasteiger partial charge in [-0.05, 0) is 27.7 Å². The molecule has 4 N–H and O–H groups in total. The zero-order valence-electron chi connectivity index (χ0n) is 22.8. The van der Waals surface area contributed by atoms with Crippen LogP contribution in [0.1, 0.15) is 38.8 Å². The highest BCUT2D eigenvalue weighted by Gasteiger charge is 2.27. The molecular weight excluding hydrogens is 524 g/mol. The summed E-state index contributed by atoms with van der Waals surface area (Å²) in [5, 5.41) is 0. The van der Waals surface area contributed by atoms with Crippen LogP contribution in [0.3, 0.4) is 0 Å². The number of benzene rings is 2. The topological polar surface area (TPSA) is 142 Å². The van der Waals surface area contributed by atoms with Gasteiger partial charge in [-0.1, -0.05) is 24.9 Å². The predicted molar refractivity (Wildman–Crippen MR) is 149 cm³/mol. The SMILES string of the molecule is C=CC(=O)Oc1c(OCC)cc(Sc2cc(OCC)c(OC(=O)C=C)c(CN)c2OCC)c(OCC)c1CN. The van der Waals surface area contributed by atoms with Gasteiger partial charge in [0.25, 0.3) is 0 Å². The van der Waals surface area contributed by atoms with Crippen LogP contribution in [-0.4, -0.2) is 38.4 Å². The number of rotatable bonds is 16. The zero-order valence-corrected chi connectivity index (χ0v) is 23.6. The maximum Gasteiger partial charge on any atom is 0.335 e. The summed E-state index contributed by atoms with van der Waals surface area (Å²) in [6.07, 6.45) is 2.11. The van der Waals surface area contributed by atoms with E-state index in [1.807, 2.05) is 27.7 Å². The third kappa shape index (κ3) is 7.69. The number of esters is 2. The minimum absolute atomic E-state index is 0.00340. The van der Waals surface area contributed by atoms with Crippen LogP contribution in [-0.2, 0) is 22.7 Å². The Morgan fingerprint density at radius 1 is 0.692 bits per heavy atom. The van der Waals surface area contributed by atoms with Crippen molar-refractivity contribution < 1.29 is 38.0 Å². The van der Waals surface area contributed by atoms with Gasteiger partial charge in [0.15, 0.2) is 23.0 Å². The smallest absolute Gasteiger partial charge is 0.335 e. The first kappa shape index (κ1) is 31.5. The maximum atomic E-state index is 12.1. The fraction of sp³-hybridized carbons (Fsp3) is 0.357. The van der Waals surface area contributed by atoms with E-state index >= 15 is 0 Å². The van der Waals surface area contributed by atoms with Crippen molar-refractivity contribution in [3.8, 4) is 34.5 Å². The molecule has 0 saturated heterocycles. The molecule has 2 aromatic carbocycles. The van der Waals surface area contributed by atoms with E-state index in [1.54, 1.807) is 12.1 Å². The van der Waals surface area contributed by atoms with Gasteiger partial charge >= 0.3 is 11.9 Å². The maximum absolute atomic E-state index is 12.1. The first-order chi connectivity index (χ1) is 18.8. The standard InChI is InChI=1S/C28H36N2O8S/c1-7-23(31)37-25-17(15-29)27(35-11-5)21(13-19(25)33-9-3)39-22-14-20(34-10-4)26(38-24(32)8-2)18(16-30)28(22)36-12-6/h7-8,13-14H,1-2,9-12,15-16,29-30H2,3-6H3. The number of hydrogen-bond acceptors (Lipinski definition) is 11. The molecule has 2 aromatic rings. The van der Waals surface area contributed by atoms with E-state index in [9.17, 15) is 9.59 Å².